The van der Waals surface area contributed by atoms with Crippen LogP contribution in [0.3, 0.4) is 0 Å². The third-order valence-electron chi connectivity index (χ3n) is 3.69. The molecular formula is C20H20FN3O2S. The number of hydrogen-bond acceptors (Lipinski definition) is 6. The monoisotopic (exact) mass is 385 g/mol. The van der Waals surface area contributed by atoms with Gasteiger partial charge in [0.2, 0.25) is 5.13 Å². The Hall–Kier alpha value is -2.93. The lowest BCUT2D eigenvalue weighted by Crippen LogP contribution is -2.01. The number of aromatic nitrogens is 1. The first-order valence-corrected chi connectivity index (χ1v) is 9.39. The predicted octanol–water partition coefficient (Wildman–Crippen LogP) is 5.19. The predicted molar refractivity (Wildman–Crippen MR) is 108 cm³/mol. The molecule has 27 heavy (non-hydrogen) atoms. The van der Waals surface area contributed by atoms with E-state index >= 15 is 0 Å². The number of benzene rings is 2. The van der Waals surface area contributed by atoms with Crippen molar-refractivity contribution in [1.82, 2.24) is 4.98 Å². The van der Waals surface area contributed by atoms with Crippen LogP contribution in [-0.2, 0) is 0 Å². The summed E-state index contributed by atoms with van der Waals surface area (Å²) in [6.45, 7) is 2.65. The van der Waals surface area contributed by atoms with Gasteiger partial charge >= 0.3 is 0 Å². The molecule has 1 aromatic heterocycles. The van der Waals surface area contributed by atoms with Gasteiger partial charge in [-0.2, -0.15) is 5.10 Å². The van der Waals surface area contributed by atoms with Gasteiger partial charge in [-0.25, -0.2) is 9.37 Å². The number of halogens is 1. The van der Waals surface area contributed by atoms with Crippen LogP contribution in [0.1, 0.15) is 18.9 Å². The number of anilines is 1. The zero-order valence-electron chi connectivity index (χ0n) is 15.1. The summed E-state index contributed by atoms with van der Waals surface area (Å²) >= 11 is 1.42. The lowest BCUT2D eigenvalue weighted by molar-refractivity contribution is 0.294. The molecular weight excluding hydrogens is 365 g/mol. The van der Waals surface area contributed by atoms with Crippen LogP contribution in [0.25, 0.3) is 11.3 Å². The first-order valence-electron chi connectivity index (χ1n) is 8.51. The molecule has 1 heterocycles. The van der Waals surface area contributed by atoms with Crippen LogP contribution >= 0.6 is 11.3 Å². The van der Waals surface area contributed by atoms with Crippen molar-refractivity contribution in [2.75, 3.05) is 19.1 Å². The van der Waals surface area contributed by atoms with Gasteiger partial charge in [0.05, 0.1) is 25.6 Å². The Morgan fingerprint density at radius 1 is 1.22 bits per heavy atom. The lowest BCUT2D eigenvalue weighted by atomic mass is 10.2. The largest absolute Gasteiger partial charge is 0.493 e. The van der Waals surface area contributed by atoms with E-state index in [0.717, 1.165) is 23.2 Å². The summed E-state index contributed by atoms with van der Waals surface area (Å²) in [5.41, 5.74) is 5.36. The number of hydrogen-bond donors (Lipinski definition) is 1. The van der Waals surface area contributed by atoms with E-state index in [-0.39, 0.29) is 5.82 Å². The Morgan fingerprint density at radius 3 is 2.78 bits per heavy atom. The van der Waals surface area contributed by atoms with Gasteiger partial charge in [0.15, 0.2) is 11.5 Å². The van der Waals surface area contributed by atoms with E-state index in [0.29, 0.717) is 23.2 Å². The molecule has 3 rings (SSSR count). The second-order valence-electron chi connectivity index (χ2n) is 5.64. The van der Waals surface area contributed by atoms with Gasteiger partial charge in [0, 0.05) is 16.5 Å². The minimum Gasteiger partial charge on any atom is -0.493 e. The number of methoxy groups -OCH3 is 1. The quantitative estimate of drug-likeness (QED) is 0.428. The van der Waals surface area contributed by atoms with Crippen molar-refractivity contribution in [1.29, 1.82) is 0 Å². The zero-order valence-corrected chi connectivity index (χ0v) is 15.9. The van der Waals surface area contributed by atoms with Crippen molar-refractivity contribution in [3.05, 3.63) is 59.2 Å². The molecule has 3 aromatic rings. The van der Waals surface area contributed by atoms with Crippen LogP contribution in [0, 0.1) is 5.82 Å². The molecule has 1 N–H and O–H groups in total. The van der Waals surface area contributed by atoms with Crippen molar-refractivity contribution in [3.63, 3.8) is 0 Å². The van der Waals surface area contributed by atoms with Gasteiger partial charge in [-0.05, 0) is 42.8 Å². The van der Waals surface area contributed by atoms with E-state index in [4.69, 9.17) is 9.47 Å². The molecule has 0 amide bonds. The van der Waals surface area contributed by atoms with Crippen LogP contribution in [-0.4, -0.2) is 24.9 Å². The molecule has 0 radical (unpaired) electrons. The molecule has 0 fully saturated rings. The number of thiazole rings is 1. The third kappa shape index (κ3) is 4.83. The Morgan fingerprint density at radius 2 is 2.04 bits per heavy atom. The molecule has 0 atom stereocenters. The average Bonchev–Trinajstić information content (AvgIpc) is 3.16. The van der Waals surface area contributed by atoms with Gasteiger partial charge in [0.1, 0.15) is 5.82 Å². The van der Waals surface area contributed by atoms with E-state index in [9.17, 15) is 4.39 Å². The van der Waals surface area contributed by atoms with Gasteiger partial charge in [-0.15, -0.1) is 11.3 Å². The topological polar surface area (TPSA) is 55.7 Å². The van der Waals surface area contributed by atoms with Crippen molar-refractivity contribution in [3.8, 4) is 22.8 Å². The van der Waals surface area contributed by atoms with Crippen molar-refractivity contribution in [2.24, 2.45) is 5.10 Å². The number of ether oxygens (including phenoxy) is 2. The zero-order chi connectivity index (χ0) is 19.1. The molecule has 0 saturated heterocycles. The Kier molecular flexibility index (Phi) is 6.38. The molecule has 0 saturated carbocycles. The molecule has 0 unspecified atom stereocenters. The van der Waals surface area contributed by atoms with Crippen LogP contribution in [0.5, 0.6) is 11.5 Å². The van der Waals surface area contributed by atoms with Gasteiger partial charge < -0.3 is 9.47 Å². The van der Waals surface area contributed by atoms with Crippen molar-refractivity contribution >= 4 is 22.7 Å². The normalized spacial score (nSPS) is 10.9. The number of nitrogens with zero attached hydrogens (tertiary/aromatic N) is 2. The van der Waals surface area contributed by atoms with Gasteiger partial charge in [-0.1, -0.05) is 13.0 Å². The lowest BCUT2D eigenvalue weighted by Gasteiger charge is -2.12. The molecule has 140 valence electrons. The maximum atomic E-state index is 13.0. The third-order valence-corrected chi connectivity index (χ3v) is 4.43. The second-order valence-corrected chi connectivity index (χ2v) is 6.50. The highest BCUT2D eigenvalue weighted by molar-refractivity contribution is 7.14. The number of para-hydroxylation sites is 1. The fourth-order valence-electron chi connectivity index (χ4n) is 2.39. The second kappa shape index (κ2) is 9.14. The van der Waals surface area contributed by atoms with Gasteiger partial charge in [-0.3, -0.25) is 5.43 Å². The Labute approximate surface area is 161 Å². The maximum absolute atomic E-state index is 13.0. The van der Waals surface area contributed by atoms with Gasteiger partial charge in [0.25, 0.3) is 0 Å². The summed E-state index contributed by atoms with van der Waals surface area (Å²) in [4.78, 5) is 4.46. The minimum atomic E-state index is -0.267. The highest BCUT2D eigenvalue weighted by atomic mass is 32.1. The standard InChI is InChI=1S/C20H20FN3O2S/c1-3-11-26-19-15(5-4-6-18(19)25-2)12-22-24-20-23-17(13-27-20)14-7-9-16(21)10-8-14/h4-10,12-13H,3,11H2,1-2H3,(H,23,24)/b22-12-. The minimum absolute atomic E-state index is 0.267. The SMILES string of the molecule is CCCOc1c(/C=N\Nc2nc(-c3ccc(F)cc3)cs2)cccc1OC. The summed E-state index contributed by atoms with van der Waals surface area (Å²) < 4.78 is 24.2. The summed E-state index contributed by atoms with van der Waals surface area (Å²) in [7, 11) is 1.61. The summed E-state index contributed by atoms with van der Waals surface area (Å²) in [5.74, 6) is 1.06. The van der Waals surface area contributed by atoms with Crippen LogP contribution in [0.15, 0.2) is 52.9 Å². The maximum Gasteiger partial charge on any atom is 0.203 e. The fourth-order valence-corrected chi connectivity index (χ4v) is 3.06. The fraction of sp³-hybridized carbons (Fsp3) is 0.200. The molecule has 0 aliphatic rings. The molecule has 5 nitrogen and oxygen atoms in total. The molecule has 0 spiro atoms. The Bertz CT molecular complexity index is 910. The molecule has 0 aliphatic carbocycles. The van der Waals surface area contributed by atoms with Crippen molar-refractivity contribution in [2.45, 2.75) is 13.3 Å². The van der Waals surface area contributed by atoms with E-state index < -0.39 is 0 Å². The number of rotatable bonds is 8. The molecule has 7 heteroatoms. The molecule has 0 aliphatic heterocycles. The van der Waals surface area contributed by atoms with Crippen LogP contribution < -0.4 is 14.9 Å². The molecule has 2 aromatic carbocycles. The van der Waals surface area contributed by atoms with E-state index in [2.05, 4.69) is 15.5 Å². The van der Waals surface area contributed by atoms with Crippen LogP contribution in [0.4, 0.5) is 9.52 Å². The highest BCUT2D eigenvalue weighted by Crippen LogP contribution is 2.30. The first-order chi connectivity index (χ1) is 13.2. The van der Waals surface area contributed by atoms with Crippen molar-refractivity contribution < 1.29 is 13.9 Å². The molecule has 0 bridgehead atoms. The average molecular weight is 385 g/mol. The smallest absolute Gasteiger partial charge is 0.203 e. The number of hydrazone groups is 1. The van der Waals surface area contributed by atoms with E-state index in [1.165, 1.54) is 23.5 Å². The number of nitrogens with one attached hydrogen (secondary N) is 1. The summed E-state index contributed by atoms with van der Waals surface area (Å²) in [6.07, 6.45) is 2.57. The Balaban J connectivity index is 1.72. The summed E-state index contributed by atoms with van der Waals surface area (Å²) in [5, 5.41) is 6.79. The summed E-state index contributed by atoms with van der Waals surface area (Å²) in [6, 6.07) is 11.9. The van der Waals surface area contributed by atoms with Crippen LogP contribution in [0.2, 0.25) is 0 Å². The van der Waals surface area contributed by atoms with E-state index in [1.807, 2.05) is 30.5 Å². The highest BCUT2D eigenvalue weighted by Gasteiger charge is 2.09. The van der Waals surface area contributed by atoms with E-state index in [1.54, 1.807) is 25.5 Å². The first kappa shape index (κ1) is 18.8.